The number of nitrogens with one attached hydrogen (secondary N) is 1. The van der Waals surface area contributed by atoms with Crippen molar-refractivity contribution in [2.45, 2.75) is 11.8 Å². The molecule has 3 rings (SSSR count). The molecule has 0 saturated carbocycles. The van der Waals surface area contributed by atoms with E-state index in [4.69, 9.17) is 16.3 Å². The minimum atomic E-state index is -4.52. The number of ether oxygens (including phenoxy) is 1. The number of methoxy groups -OCH3 is 1. The van der Waals surface area contributed by atoms with Gasteiger partial charge in [0, 0.05) is 11.3 Å². The molecule has 0 bridgehead atoms. The topological polar surface area (TPSA) is 120 Å². The fourth-order valence-corrected chi connectivity index (χ4v) is 5.72. The van der Waals surface area contributed by atoms with Crippen LogP contribution >= 0.6 is 19.3 Å². The Morgan fingerprint density at radius 2 is 1.94 bits per heavy atom. The van der Waals surface area contributed by atoms with Crippen LogP contribution < -0.4 is 38.8 Å². The second kappa shape index (κ2) is 10.8. The van der Waals surface area contributed by atoms with Gasteiger partial charge in [0.05, 0.1) is 24.3 Å². The zero-order valence-corrected chi connectivity index (χ0v) is 21.8. The maximum Gasteiger partial charge on any atom is 1.00 e. The Balaban J connectivity index is 0.00000272. The molecule has 2 aromatic carbocycles. The quantitative estimate of drug-likeness (QED) is 0.339. The van der Waals surface area contributed by atoms with Gasteiger partial charge in [-0.05, 0) is 49.4 Å². The molecule has 0 spiro atoms. The van der Waals surface area contributed by atoms with Crippen molar-refractivity contribution in [1.29, 1.82) is 0 Å². The molecular formula is C18H19ClFN3NaO6PS. The largest absolute Gasteiger partial charge is 1.00 e. The second-order valence-electron chi connectivity index (χ2n) is 6.13. The average Bonchev–Trinajstić information content (AvgIpc) is 3.08. The molecule has 14 heteroatoms. The number of aromatic nitrogens is 2. The van der Waals surface area contributed by atoms with Crippen LogP contribution in [0.5, 0.6) is 5.75 Å². The van der Waals surface area contributed by atoms with Gasteiger partial charge < -0.3 is 11.1 Å². The SMILES string of the molecule is CCOP(=O)(O)NS(=O)(=O)c1ccc(-n2cnc(Cl)c2-c2ccc(OC)c(F)c2)cc1.[H-].[Na+]. The zero-order valence-electron chi connectivity index (χ0n) is 18.3. The number of rotatable bonds is 8. The Morgan fingerprint density at radius 1 is 1.28 bits per heavy atom. The van der Waals surface area contributed by atoms with E-state index >= 15 is 0 Å². The van der Waals surface area contributed by atoms with Crippen LogP contribution in [0, 0.1) is 5.82 Å². The summed E-state index contributed by atoms with van der Waals surface area (Å²) in [6, 6.07) is 9.65. The van der Waals surface area contributed by atoms with Crippen LogP contribution in [0.2, 0.25) is 5.15 Å². The molecule has 0 amide bonds. The Kier molecular flexibility index (Phi) is 9.08. The normalized spacial score (nSPS) is 13.3. The molecule has 0 aliphatic heterocycles. The third kappa shape index (κ3) is 5.99. The fourth-order valence-electron chi connectivity index (χ4n) is 2.79. The van der Waals surface area contributed by atoms with Crippen LogP contribution in [-0.4, -0.2) is 36.6 Å². The smallest absolute Gasteiger partial charge is 1.00 e. The van der Waals surface area contributed by atoms with E-state index in [1.165, 1.54) is 56.8 Å². The minimum Gasteiger partial charge on any atom is -1.00 e. The number of nitrogens with zero attached hydrogens (tertiary/aromatic N) is 2. The summed E-state index contributed by atoms with van der Waals surface area (Å²) in [4.78, 5) is 13.3. The van der Waals surface area contributed by atoms with E-state index in [1.54, 1.807) is 15.1 Å². The van der Waals surface area contributed by atoms with Gasteiger partial charge >= 0.3 is 37.3 Å². The number of benzene rings is 2. The molecule has 3 aromatic rings. The maximum absolute atomic E-state index is 14.2. The van der Waals surface area contributed by atoms with Gasteiger partial charge in [-0.25, -0.2) is 22.4 Å². The molecule has 1 aromatic heterocycles. The molecular weight excluding hydrogens is 495 g/mol. The van der Waals surface area contributed by atoms with Gasteiger partial charge in [0.1, 0.15) is 6.33 Å². The van der Waals surface area contributed by atoms with E-state index in [2.05, 4.69) is 9.51 Å². The van der Waals surface area contributed by atoms with Crippen molar-refractivity contribution < 1.29 is 62.5 Å². The zero-order chi connectivity index (χ0) is 22.8. The molecule has 32 heavy (non-hydrogen) atoms. The van der Waals surface area contributed by atoms with Crippen LogP contribution in [0.1, 0.15) is 8.35 Å². The van der Waals surface area contributed by atoms with Crippen molar-refractivity contribution in [1.82, 2.24) is 14.0 Å². The fraction of sp³-hybridized carbons (Fsp3) is 0.167. The molecule has 9 nitrogen and oxygen atoms in total. The van der Waals surface area contributed by atoms with Gasteiger partial charge in [-0.15, -0.1) is 4.49 Å². The van der Waals surface area contributed by atoms with Gasteiger partial charge in [-0.1, -0.05) is 11.6 Å². The molecule has 1 unspecified atom stereocenters. The van der Waals surface area contributed by atoms with Crippen LogP contribution in [-0.2, 0) is 19.1 Å². The molecule has 0 aliphatic rings. The number of hydrogen-bond acceptors (Lipinski definition) is 6. The van der Waals surface area contributed by atoms with Crippen molar-refractivity contribution in [2.75, 3.05) is 13.7 Å². The number of imidazole rings is 1. The van der Waals surface area contributed by atoms with Crippen LogP contribution in [0.15, 0.2) is 53.7 Å². The van der Waals surface area contributed by atoms with Gasteiger partial charge in [0.25, 0.3) is 0 Å². The van der Waals surface area contributed by atoms with E-state index in [-0.39, 0.29) is 53.4 Å². The molecule has 1 heterocycles. The Bertz CT molecular complexity index is 1260. The first-order valence-corrected chi connectivity index (χ1v) is 12.2. The van der Waals surface area contributed by atoms with E-state index in [0.29, 0.717) is 16.9 Å². The molecule has 168 valence electrons. The van der Waals surface area contributed by atoms with Crippen LogP contribution in [0.3, 0.4) is 0 Å². The van der Waals surface area contributed by atoms with Crippen LogP contribution in [0.4, 0.5) is 4.39 Å². The Hall–Kier alpha value is -1.27. The summed E-state index contributed by atoms with van der Waals surface area (Å²) in [7, 11) is -7.48. The number of halogens is 2. The molecule has 2 N–H and O–H groups in total. The van der Waals surface area contributed by atoms with E-state index < -0.39 is 23.6 Å². The molecule has 0 saturated heterocycles. The monoisotopic (exact) mass is 513 g/mol. The van der Waals surface area contributed by atoms with Gasteiger partial charge in [-0.2, -0.15) is 0 Å². The molecule has 0 aliphatic carbocycles. The van der Waals surface area contributed by atoms with Crippen LogP contribution in [0.25, 0.3) is 16.9 Å². The van der Waals surface area contributed by atoms with E-state index in [0.717, 1.165) is 0 Å². The number of sulfonamides is 1. The maximum atomic E-state index is 14.2. The van der Waals surface area contributed by atoms with Gasteiger partial charge in [0.2, 0.25) is 10.0 Å². The average molecular weight is 514 g/mol. The number of hydrogen-bond donors (Lipinski definition) is 2. The summed E-state index contributed by atoms with van der Waals surface area (Å²) in [6.07, 6.45) is 1.40. The molecule has 0 fully saturated rings. The van der Waals surface area contributed by atoms with Crippen molar-refractivity contribution in [3.63, 3.8) is 0 Å². The standard InChI is InChI=1S/C18H18ClFN3O6PS.Na.H/c1-3-29-30(24,25)22-31(26,27)14-7-5-13(6-8-14)23-11-21-18(19)17(23)12-4-9-16(28-2)15(20)10-12;;/h4-11H,3H2,1-2H3,(H2,22,24,25);;/q;+1;-1. The minimum absolute atomic E-state index is 0. The van der Waals surface area contributed by atoms with Crippen molar-refractivity contribution >= 4 is 29.4 Å². The molecule has 1 atom stereocenters. The third-order valence-corrected chi connectivity index (χ3v) is 7.77. The van der Waals surface area contributed by atoms with Gasteiger partial charge in [0.15, 0.2) is 16.7 Å². The first-order chi connectivity index (χ1) is 14.6. The predicted octanol–water partition coefficient (Wildman–Crippen LogP) is 0.872. The molecule has 0 radical (unpaired) electrons. The predicted molar refractivity (Wildman–Crippen MR) is 113 cm³/mol. The Morgan fingerprint density at radius 3 is 2.50 bits per heavy atom. The summed E-state index contributed by atoms with van der Waals surface area (Å²) < 4.78 is 63.2. The summed E-state index contributed by atoms with van der Waals surface area (Å²) >= 11 is 6.20. The Labute approximate surface area is 212 Å². The van der Waals surface area contributed by atoms with Crippen molar-refractivity contribution in [3.8, 4) is 22.7 Å². The van der Waals surface area contributed by atoms with Crippen molar-refractivity contribution in [3.05, 3.63) is 59.8 Å². The van der Waals surface area contributed by atoms with Gasteiger partial charge in [-0.3, -0.25) is 9.09 Å². The first kappa shape index (κ1) is 27.0. The summed E-state index contributed by atoms with van der Waals surface area (Å²) in [5.41, 5.74) is 1.28. The van der Waals surface area contributed by atoms with E-state index in [9.17, 15) is 22.3 Å². The summed E-state index contributed by atoms with van der Waals surface area (Å²) in [6.45, 7) is 1.31. The third-order valence-electron chi connectivity index (χ3n) is 4.11. The summed E-state index contributed by atoms with van der Waals surface area (Å²) in [5, 5.41) is 0.112. The van der Waals surface area contributed by atoms with E-state index in [1.807, 2.05) is 0 Å². The first-order valence-electron chi connectivity index (χ1n) is 8.76. The second-order valence-corrected chi connectivity index (χ2v) is 10.00. The van der Waals surface area contributed by atoms with Crippen molar-refractivity contribution in [2.24, 2.45) is 0 Å². The summed E-state index contributed by atoms with van der Waals surface area (Å²) in [5.74, 6) is -0.514.